The van der Waals surface area contributed by atoms with Gasteiger partial charge in [-0.25, -0.2) is 4.79 Å². The highest BCUT2D eigenvalue weighted by atomic mass is 16.5. The van der Waals surface area contributed by atoms with E-state index in [1.165, 1.54) is 0 Å². The minimum Gasteiger partial charge on any atom is -0.445 e. The van der Waals surface area contributed by atoms with Crippen LogP contribution in [-0.2, 0) is 16.1 Å². The van der Waals surface area contributed by atoms with Crippen LogP contribution in [0.1, 0.15) is 18.4 Å². The maximum atomic E-state index is 11.5. The molecule has 0 bridgehead atoms. The molecule has 0 heterocycles. The van der Waals surface area contributed by atoms with E-state index in [1.807, 2.05) is 30.3 Å². The zero-order valence-electron chi connectivity index (χ0n) is 11.1. The van der Waals surface area contributed by atoms with Crippen LogP contribution in [0.2, 0.25) is 0 Å². The van der Waals surface area contributed by atoms with Crippen molar-refractivity contribution in [2.24, 2.45) is 0 Å². The maximum absolute atomic E-state index is 11.5. The lowest BCUT2D eigenvalue weighted by Gasteiger charge is -2.15. The molecule has 0 aliphatic carbocycles. The van der Waals surface area contributed by atoms with Gasteiger partial charge in [0.05, 0.1) is 12.6 Å². The largest absolute Gasteiger partial charge is 0.445 e. The molecule has 6 heteroatoms. The number of hydrogen-bond donors (Lipinski definition) is 3. The number of amides is 1. The van der Waals surface area contributed by atoms with Gasteiger partial charge in [0, 0.05) is 6.42 Å². The molecule has 0 fully saturated rings. The number of aliphatic hydroxyl groups is 2. The predicted octanol–water partition coefficient (Wildman–Crippen LogP) is 0.615. The van der Waals surface area contributed by atoms with Crippen molar-refractivity contribution in [3.8, 4) is 0 Å². The monoisotopic (exact) mass is 281 g/mol. The average molecular weight is 281 g/mol. The summed E-state index contributed by atoms with van der Waals surface area (Å²) in [6, 6.07) is 8.65. The molecule has 0 aliphatic heterocycles. The van der Waals surface area contributed by atoms with E-state index < -0.39 is 18.7 Å². The molecule has 0 radical (unpaired) electrons. The molecule has 0 saturated heterocycles. The van der Waals surface area contributed by atoms with Crippen molar-refractivity contribution < 1.29 is 24.5 Å². The van der Waals surface area contributed by atoms with E-state index in [4.69, 9.17) is 14.9 Å². The summed E-state index contributed by atoms with van der Waals surface area (Å²) in [5, 5.41) is 20.2. The van der Waals surface area contributed by atoms with Crippen molar-refractivity contribution in [1.82, 2.24) is 5.32 Å². The summed E-state index contributed by atoms with van der Waals surface area (Å²) in [5.41, 5.74) is 0.860. The van der Waals surface area contributed by atoms with Gasteiger partial charge in [-0.1, -0.05) is 30.3 Å². The molecule has 6 nitrogen and oxygen atoms in total. The highest BCUT2D eigenvalue weighted by Gasteiger charge is 2.13. The van der Waals surface area contributed by atoms with Gasteiger partial charge in [-0.3, -0.25) is 4.79 Å². The first-order valence-electron chi connectivity index (χ1n) is 6.36. The highest BCUT2D eigenvalue weighted by Crippen LogP contribution is 2.02. The number of ketones is 1. The Hall–Kier alpha value is -1.92. The Kier molecular flexibility index (Phi) is 7.31. The number of aliphatic hydroxyl groups excluding tert-OH is 2. The zero-order valence-corrected chi connectivity index (χ0v) is 11.1. The number of rotatable bonds is 8. The van der Waals surface area contributed by atoms with Gasteiger partial charge < -0.3 is 20.3 Å². The first kappa shape index (κ1) is 16.1. The maximum Gasteiger partial charge on any atom is 0.407 e. The second kappa shape index (κ2) is 9.06. The summed E-state index contributed by atoms with van der Waals surface area (Å²) in [4.78, 5) is 22.5. The molecule has 1 rings (SSSR count). The molecule has 3 N–H and O–H groups in total. The van der Waals surface area contributed by atoms with Crippen LogP contribution in [0, 0.1) is 0 Å². The summed E-state index contributed by atoms with van der Waals surface area (Å²) >= 11 is 0. The summed E-state index contributed by atoms with van der Waals surface area (Å²) in [6.45, 7) is -0.684. The van der Waals surface area contributed by atoms with Gasteiger partial charge in [0.2, 0.25) is 0 Å². The molecule has 20 heavy (non-hydrogen) atoms. The van der Waals surface area contributed by atoms with Crippen LogP contribution in [-0.4, -0.2) is 41.3 Å². The number of carbonyl (C=O) groups is 2. The van der Waals surface area contributed by atoms with Gasteiger partial charge in [-0.05, 0) is 12.0 Å². The Morgan fingerprint density at radius 1 is 1.20 bits per heavy atom. The number of benzene rings is 1. The normalized spacial score (nSPS) is 11.7. The number of carbonyl (C=O) groups excluding carboxylic acids is 2. The quantitative estimate of drug-likeness (QED) is 0.649. The third-order valence-electron chi connectivity index (χ3n) is 2.70. The average Bonchev–Trinajstić information content (AvgIpc) is 2.49. The van der Waals surface area contributed by atoms with E-state index in [9.17, 15) is 9.59 Å². The molecule has 0 aromatic heterocycles. The van der Waals surface area contributed by atoms with Gasteiger partial charge >= 0.3 is 6.09 Å². The summed E-state index contributed by atoms with van der Waals surface area (Å²) in [7, 11) is 0. The molecule has 1 aromatic carbocycles. The molecule has 0 spiro atoms. The van der Waals surface area contributed by atoms with Gasteiger partial charge in [-0.15, -0.1) is 0 Å². The zero-order chi connectivity index (χ0) is 14.8. The van der Waals surface area contributed by atoms with Crippen LogP contribution >= 0.6 is 0 Å². The van der Waals surface area contributed by atoms with Crippen molar-refractivity contribution in [3.63, 3.8) is 0 Å². The van der Waals surface area contributed by atoms with Crippen molar-refractivity contribution >= 4 is 11.9 Å². The number of nitrogens with one attached hydrogen (secondary N) is 1. The molecule has 0 unspecified atom stereocenters. The van der Waals surface area contributed by atoms with E-state index in [0.29, 0.717) is 0 Å². The second-order valence-electron chi connectivity index (χ2n) is 4.32. The van der Waals surface area contributed by atoms with Gasteiger partial charge in [0.25, 0.3) is 0 Å². The minimum absolute atomic E-state index is 0.0979. The first-order chi connectivity index (χ1) is 9.65. The Morgan fingerprint density at radius 3 is 2.50 bits per heavy atom. The second-order valence-corrected chi connectivity index (χ2v) is 4.32. The van der Waals surface area contributed by atoms with Crippen LogP contribution in [0.3, 0.4) is 0 Å². The topological polar surface area (TPSA) is 95.9 Å². The molecular formula is C14H19NO5. The smallest absolute Gasteiger partial charge is 0.407 e. The number of ether oxygens (including phenoxy) is 1. The Morgan fingerprint density at radius 2 is 1.90 bits per heavy atom. The Labute approximate surface area is 117 Å². The van der Waals surface area contributed by atoms with Crippen molar-refractivity contribution in [1.29, 1.82) is 0 Å². The fraction of sp³-hybridized carbons (Fsp3) is 0.429. The lowest BCUT2D eigenvalue weighted by molar-refractivity contribution is -0.122. The molecule has 1 aromatic rings. The van der Waals surface area contributed by atoms with Crippen molar-refractivity contribution in [2.75, 3.05) is 13.2 Å². The Balaban J connectivity index is 2.30. The summed E-state index contributed by atoms with van der Waals surface area (Å²) in [5.74, 6) is -0.331. The van der Waals surface area contributed by atoms with Crippen LogP contribution in [0.4, 0.5) is 4.79 Å². The predicted molar refractivity (Wildman–Crippen MR) is 72.0 cm³/mol. The van der Waals surface area contributed by atoms with Crippen molar-refractivity contribution in [2.45, 2.75) is 25.5 Å². The van der Waals surface area contributed by atoms with Crippen LogP contribution < -0.4 is 5.32 Å². The molecular weight excluding hydrogens is 262 g/mol. The van der Waals surface area contributed by atoms with E-state index in [1.54, 1.807) is 0 Å². The molecule has 110 valence electrons. The van der Waals surface area contributed by atoms with Gasteiger partial charge in [0.15, 0.2) is 5.78 Å². The van der Waals surface area contributed by atoms with Crippen LogP contribution in [0.15, 0.2) is 30.3 Å². The summed E-state index contributed by atoms with van der Waals surface area (Å²) in [6.07, 6.45) is -0.291. The fourth-order valence-electron chi connectivity index (χ4n) is 1.55. The lowest BCUT2D eigenvalue weighted by atomic mass is 10.1. The SMILES string of the molecule is O=C(CO)CC[C@@H](CO)NC(=O)OCc1ccccc1. The number of hydrogen-bond acceptors (Lipinski definition) is 5. The number of Topliss-reactive ketones (excluding diaryl/α,β-unsaturated/α-hetero) is 1. The van der Waals surface area contributed by atoms with E-state index in [2.05, 4.69) is 5.32 Å². The van der Waals surface area contributed by atoms with Gasteiger partial charge in [0.1, 0.15) is 13.2 Å². The molecule has 1 amide bonds. The van der Waals surface area contributed by atoms with E-state index in [-0.39, 0.29) is 31.8 Å². The molecule has 0 saturated carbocycles. The standard InChI is InChI=1S/C14H19NO5/c16-8-12(6-7-13(18)9-17)15-14(19)20-10-11-4-2-1-3-5-11/h1-5,12,16-17H,6-10H2,(H,15,19)/t12-/m0/s1. The van der Waals surface area contributed by atoms with E-state index in [0.717, 1.165) is 5.56 Å². The highest BCUT2D eigenvalue weighted by molar-refractivity contribution is 5.79. The van der Waals surface area contributed by atoms with Gasteiger partial charge in [-0.2, -0.15) is 0 Å². The summed E-state index contributed by atoms with van der Waals surface area (Å²) < 4.78 is 5.00. The third kappa shape index (κ3) is 6.31. The van der Waals surface area contributed by atoms with Crippen LogP contribution in [0.25, 0.3) is 0 Å². The lowest BCUT2D eigenvalue weighted by Crippen LogP contribution is -2.38. The fourth-order valence-corrected chi connectivity index (χ4v) is 1.55. The Bertz CT molecular complexity index is 421. The minimum atomic E-state index is -0.649. The molecule has 1 atom stereocenters. The first-order valence-corrected chi connectivity index (χ1v) is 6.36. The van der Waals surface area contributed by atoms with Crippen LogP contribution in [0.5, 0.6) is 0 Å². The molecule has 0 aliphatic rings. The van der Waals surface area contributed by atoms with E-state index >= 15 is 0 Å². The third-order valence-corrected chi connectivity index (χ3v) is 2.70. The van der Waals surface area contributed by atoms with Crippen molar-refractivity contribution in [3.05, 3.63) is 35.9 Å². The number of alkyl carbamates (subject to hydrolysis) is 1.